The molecule has 2 amide bonds. The average Bonchev–Trinajstić information content (AvgIpc) is 3.33. The van der Waals surface area contributed by atoms with Crippen molar-refractivity contribution in [1.29, 1.82) is 0 Å². The number of hydrogen-bond donors (Lipinski definition) is 1. The first-order valence-corrected chi connectivity index (χ1v) is 12.1. The van der Waals surface area contributed by atoms with Crippen LogP contribution in [0.4, 0.5) is 5.69 Å². The smallest absolute Gasteiger partial charge is 0.254 e. The van der Waals surface area contributed by atoms with Gasteiger partial charge in [-0.25, -0.2) is 4.90 Å². The molecule has 6 nitrogen and oxygen atoms in total. The second-order valence-electron chi connectivity index (χ2n) is 8.26. The molecule has 2 fully saturated rings. The fraction of sp³-hybridized carbons (Fsp3) is 0.200. The Morgan fingerprint density at radius 1 is 0.941 bits per heavy atom. The van der Waals surface area contributed by atoms with E-state index in [1.165, 1.54) is 11.1 Å². The van der Waals surface area contributed by atoms with Crippen molar-refractivity contribution < 1.29 is 19.5 Å². The summed E-state index contributed by atoms with van der Waals surface area (Å²) in [6.07, 6.45) is 0.0855. The maximum absolute atomic E-state index is 13.5. The lowest BCUT2D eigenvalue weighted by Crippen LogP contribution is -2.42. The molecule has 0 unspecified atom stereocenters. The highest BCUT2D eigenvalue weighted by Gasteiger charge is 2.54. The number of amides is 2. The maximum Gasteiger partial charge on any atom is 0.254 e. The highest BCUT2D eigenvalue weighted by Crippen LogP contribution is 2.47. The Bertz CT molecular complexity index is 1260. The van der Waals surface area contributed by atoms with Crippen molar-refractivity contribution in [1.82, 2.24) is 5.06 Å². The van der Waals surface area contributed by atoms with Crippen LogP contribution in [0.1, 0.15) is 30.0 Å². The largest absolute Gasteiger partial charge is 0.361 e. The zero-order valence-electron chi connectivity index (χ0n) is 17.7. The van der Waals surface area contributed by atoms with Crippen LogP contribution in [0.2, 0.25) is 10.0 Å². The third-order valence-electron chi connectivity index (χ3n) is 6.10. The van der Waals surface area contributed by atoms with Crippen LogP contribution in [0.3, 0.4) is 0 Å². The molecule has 0 bridgehead atoms. The van der Waals surface area contributed by atoms with Gasteiger partial charge < -0.3 is 5.11 Å². The number of hydrogen-bond acceptors (Lipinski definition) is 5. The van der Waals surface area contributed by atoms with Crippen LogP contribution in [0, 0.1) is 0 Å². The molecule has 0 aromatic heterocycles. The van der Waals surface area contributed by atoms with E-state index in [9.17, 15) is 14.7 Å². The molecule has 174 valence electrons. The van der Waals surface area contributed by atoms with Crippen LogP contribution >= 0.6 is 39.1 Å². The molecule has 1 N–H and O–H groups in total. The van der Waals surface area contributed by atoms with Gasteiger partial charge in [-0.3, -0.25) is 14.4 Å². The Labute approximate surface area is 214 Å². The minimum Gasteiger partial charge on any atom is -0.361 e. The van der Waals surface area contributed by atoms with Crippen LogP contribution < -0.4 is 4.90 Å². The SMILES string of the molecule is O=C1C[C@@H](N2O[C@](O)(c3ccc(Br)cc3)C[C@@H]2c2ccccc2)C(=O)N1c1ccc(Cl)c(Cl)c1. The predicted molar refractivity (Wildman–Crippen MR) is 132 cm³/mol. The van der Waals surface area contributed by atoms with E-state index in [2.05, 4.69) is 15.9 Å². The Morgan fingerprint density at radius 2 is 1.65 bits per heavy atom. The summed E-state index contributed by atoms with van der Waals surface area (Å²) >= 11 is 15.5. The van der Waals surface area contributed by atoms with Crippen LogP contribution in [0.5, 0.6) is 0 Å². The second kappa shape index (κ2) is 9.07. The number of hydroxylamine groups is 2. The topological polar surface area (TPSA) is 70.1 Å². The van der Waals surface area contributed by atoms with E-state index in [0.29, 0.717) is 16.3 Å². The van der Waals surface area contributed by atoms with E-state index in [1.54, 1.807) is 24.3 Å². The number of rotatable bonds is 4. The van der Waals surface area contributed by atoms with Gasteiger partial charge in [0, 0.05) is 16.5 Å². The minimum absolute atomic E-state index is 0.0984. The van der Waals surface area contributed by atoms with Gasteiger partial charge in [-0.15, -0.1) is 0 Å². The molecule has 3 aromatic carbocycles. The summed E-state index contributed by atoms with van der Waals surface area (Å²) in [5.41, 5.74) is 1.76. The van der Waals surface area contributed by atoms with Crippen molar-refractivity contribution in [2.45, 2.75) is 30.7 Å². The molecule has 34 heavy (non-hydrogen) atoms. The molecular formula is C25H19BrCl2N2O4. The highest BCUT2D eigenvalue weighted by molar-refractivity contribution is 9.10. The van der Waals surface area contributed by atoms with Gasteiger partial charge in [-0.2, -0.15) is 5.06 Å². The zero-order valence-corrected chi connectivity index (χ0v) is 20.8. The van der Waals surface area contributed by atoms with Crippen molar-refractivity contribution in [2.24, 2.45) is 0 Å². The van der Waals surface area contributed by atoms with Crippen LogP contribution in [-0.2, 0) is 20.2 Å². The number of halogens is 3. The minimum atomic E-state index is -1.67. The van der Waals surface area contributed by atoms with Crippen molar-refractivity contribution in [3.05, 3.63) is 98.4 Å². The van der Waals surface area contributed by atoms with Crippen molar-refractivity contribution >= 4 is 56.6 Å². The number of nitrogens with zero attached hydrogens (tertiary/aromatic N) is 2. The van der Waals surface area contributed by atoms with Gasteiger partial charge in [0.15, 0.2) is 0 Å². The number of imide groups is 1. The molecule has 2 saturated heterocycles. The maximum atomic E-state index is 13.5. The lowest BCUT2D eigenvalue weighted by atomic mass is 9.94. The quantitative estimate of drug-likeness (QED) is 0.419. The number of aliphatic hydroxyl groups is 1. The molecule has 3 atom stereocenters. The van der Waals surface area contributed by atoms with E-state index in [1.807, 2.05) is 42.5 Å². The summed E-state index contributed by atoms with van der Waals surface area (Å²) in [4.78, 5) is 33.6. The summed E-state index contributed by atoms with van der Waals surface area (Å²) in [6, 6.07) is 19.9. The molecule has 2 aliphatic rings. The lowest BCUT2D eigenvalue weighted by molar-refractivity contribution is -0.303. The predicted octanol–water partition coefficient (Wildman–Crippen LogP) is 5.61. The first-order valence-electron chi connectivity index (χ1n) is 10.6. The number of carbonyl (C=O) groups is 2. The molecule has 0 radical (unpaired) electrons. The number of anilines is 1. The zero-order chi connectivity index (χ0) is 24.0. The van der Waals surface area contributed by atoms with E-state index >= 15 is 0 Å². The average molecular weight is 562 g/mol. The summed E-state index contributed by atoms with van der Waals surface area (Å²) in [5.74, 6) is -2.51. The van der Waals surface area contributed by atoms with Gasteiger partial charge >= 0.3 is 0 Å². The van der Waals surface area contributed by atoms with Crippen molar-refractivity contribution in [2.75, 3.05) is 4.90 Å². The summed E-state index contributed by atoms with van der Waals surface area (Å²) in [7, 11) is 0. The normalized spacial score (nSPS) is 25.4. The molecule has 9 heteroatoms. The number of carbonyl (C=O) groups excluding carboxylic acids is 2. The van der Waals surface area contributed by atoms with E-state index in [-0.39, 0.29) is 23.8 Å². The van der Waals surface area contributed by atoms with Crippen molar-refractivity contribution in [3.63, 3.8) is 0 Å². The van der Waals surface area contributed by atoms with Crippen molar-refractivity contribution in [3.8, 4) is 0 Å². The van der Waals surface area contributed by atoms with Gasteiger partial charge in [0.25, 0.3) is 5.91 Å². The lowest BCUT2D eigenvalue weighted by Gasteiger charge is -2.28. The van der Waals surface area contributed by atoms with E-state index < -0.39 is 23.8 Å². The van der Waals surface area contributed by atoms with E-state index in [0.717, 1.165) is 14.9 Å². The first kappa shape index (κ1) is 23.5. The van der Waals surface area contributed by atoms with Crippen LogP contribution in [0.25, 0.3) is 0 Å². The number of benzene rings is 3. The van der Waals surface area contributed by atoms with Gasteiger partial charge in [-0.1, -0.05) is 81.6 Å². The second-order valence-corrected chi connectivity index (χ2v) is 9.99. The summed E-state index contributed by atoms with van der Waals surface area (Å²) in [6.45, 7) is 0. The molecule has 0 aliphatic carbocycles. The molecule has 3 aromatic rings. The Hall–Kier alpha value is -2.26. The third kappa shape index (κ3) is 4.17. The Balaban J connectivity index is 1.51. The summed E-state index contributed by atoms with van der Waals surface area (Å²) in [5, 5.41) is 13.5. The third-order valence-corrected chi connectivity index (χ3v) is 7.37. The van der Waals surface area contributed by atoms with Gasteiger partial charge in [-0.05, 0) is 35.9 Å². The fourth-order valence-electron chi connectivity index (χ4n) is 4.44. The Morgan fingerprint density at radius 3 is 2.32 bits per heavy atom. The summed E-state index contributed by atoms with van der Waals surface area (Å²) < 4.78 is 0.864. The molecule has 2 aliphatic heterocycles. The molecular weight excluding hydrogens is 543 g/mol. The van der Waals surface area contributed by atoms with Gasteiger partial charge in [0.2, 0.25) is 11.7 Å². The van der Waals surface area contributed by atoms with E-state index in [4.69, 9.17) is 28.0 Å². The highest BCUT2D eigenvalue weighted by atomic mass is 79.9. The van der Waals surface area contributed by atoms with Gasteiger partial charge in [0.1, 0.15) is 6.04 Å². The van der Waals surface area contributed by atoms with Crippen LogP contribution in [-0.4, -0.2) is 28.0 Å². The fourth-order valence-corrected chi connectivity index (χ4v) is 5.00. The molecule has 0 saturated carbocycles. The molecule has 2 heterocycles. The monoisotopic (exact) mass is 560 g/mol. The van der Waals surface area contributed by atoms with Crippen LogP contribution in [0.15, 0.2) is 77.3 Å². The Kier molecular flexibility index (Phi) is 6.27. The molecule has 0 spiro atoms. The molecule has 5 rings (SSSR count). The first-order chi connectivity index (χ1) is 16.3. The van der Waals surface area contributed by atoms with Gasteiger partial charge in [0.05, 0.1) is 28.2 Å². The standard InChI is InChI=1S/C25H19BrCl2N2O4/c26-17-8-6-16(7-9-17)25(33)14-22(15-4-2-1-3-5-15)30(34-25)21-13-23(31)29(24(21)32)18-10-11-19(27)20(28)12-18/h1-12,21-22,33H,13-14H2/t21-,22-,25+/m1/s1.